The fraction of sp³-hybridized carbons (Fsp3) is 0.588. The van der Waals surface area contributed by atoms with E-state index in [9.17, 15) is 9.90 Å². The Morgan fingerprint density at radius 2 is 2.00 bits per heavy atom. The number of aromatic hydroxyl groups is 1. The topological polar surface area (TPSA) is 87.8 Å². The number of ether oxygens (including phenoxy) is 1. The maximum atomic E-state index is 12.5. The van der Waals surface area contributed by atoms with Crippen molar-refractivity contribution >= 4 is 29.1 Å². The lowest BCUT2D eigenvalue weighted by Gasteiger charge is -2.37. The zero-order valence-corrected chi connectivity index (χ0v) is 15.4. The Morgan fingerprint density at radius 1 is 1.32 bits per heavy atom. The van der Waals surface area contributed by atoms with E-state index >= 15 is 0 Å². The number of likely N-dealkylation sites (tertiary alicyclic amines) is 1. The first-order chi connectivity index (χ1) is 12.0. The van der Waals surface area contributed by atoms with Crippen LogP contribution in [0.2, 0.25) is 10.0 Å². The molecule has 0 bridgehead atoms. The van der Waals surface area contributed by atoms with Crippen LogP contribution in [0.25, 0.3) is 0 Å². The molecule has 3 rings (SSSR count). The standard InChI is InChI=1S/C17H23Cl2N3O3/c18-12-7-11(15(23)8-13(12)19)16(20)10-1-4-22(5-2-10)17(24)14-9-25-6-3-21-14/h7-8,10,14,16,21,23H,1-6,9,20H2/t14-,16+/m1/s1. The predicted octanol–water partition coefficient (Wildman–Crippen LogP) is 1.93. The SMILES string of the molecule is N[C@H](c1cc(Cl)c(Cl)cc1O)C1CCN(C(=O)[C@H]2COCCN2)CC1. The van der Waals surface area contributed by atoms with Crippen LogP contribution >= 0.6 is 23.2 Å². The van der Waals surface area contributed by atoms with E-state index in [1.54, 1.807) is 6.07 Å². The summed E-state index contributed by atoms with van der Waals surface area (Å²) in [4.78, 5) is 14.4. The number of piperidine rings is 1. The van der Waals surface area contributed by atoms with Gasteiger partial charge in [-0.05, 0) is 24.8 Å². The molecule has 2 fully saturated rings. The number of nitrogens with two attached hydrogens (primary N) is 1. The van der Waals surface area contributed by atoms with Crippen molar-refractivity contribution in [1.29, 1.82) is 0 Å². The molecule has 0 radical (unpaired) electrons. The van der Waals surface area contributed by atoms with Gasteiger partial charge >= 0.3 is 0 Å². The Balaban J connectivity index is 1.60. The largest absolute Gasteiger partial charge is 0.508 e. The van der Waals surface area contributed by atoms with Gasteiger partial charge in [0.15, 0.2) is 0 Å². The molecule has 1 aromatic rings. The molecule has 2 saturated heterocycles. The highest BCUT2D eigenvalue weighted by Gasteiger charge is 2.32. The van der Waals surface area contributed by atoms with Crippen LogP contribution in [-0.4, -0.2) is 54.8 Å². The molecule has 2 aliphatic heterocycles. The molecule has 8 heteroatoms. The van der Waals surface area contributed by atoms with E-state index in [4.69, 9.17) is 33.7 Å². The van der Waals surface area contributed by atoms with Crippen LogP contribution in [0, 0.1) is 5.92 Å². The summed E-state index contributed by atoms with van der Waals surface area (Å²) in [6, 6.07) is 2.46. The average molecular weight is 388 g/mol. The highest BCUT2D eigenvalue weighted by molar-refractivity contribution is 6.42. The highest BCUT2D eigenvalue weighted by Crippen LogP contribution is 2.37. The summed E-state index contributed by atoms with van der Waals surface area (Å²) in [6.07, 6.45) is 1.56. The van der Waals surface area contributed by atoms with Crippen LogP contribution in [0.1, 0.15) is 24.4 Å². The maximum Gasteiger partial charge on any atom is 0.242 e. The number of phenolic OH excluding ortho intramolecular Hbond substituents is 1. The normalized spacial score (nSPS) is 23.5. The van der Waals surface area contributed by atoms with E-state index in [1.807, 2.05) is 4.90 Å². The predicted molar refractivity (Wildman–Crippen MR) is 97.0 cm³/mol. The first-order valence-corrected chi connectivity index (χ1v) is 9.26. The van der Waals surface area contributed by atoms with Gasteiger partial charge in [-0.15, -0.1) is 0 Å². The van der Waals surface area contributed by atoms with Crippen LogP contribution in [0.15, 0.2) is 12.1 Å². The summed E-state index contributed by atoms with van der Waals surface area (Å²) in [5, 5.41) is 14.0. The number of benzene rings is 1. The Kier molecular flexibility index (Phi) is 6.07. The number of carbonyl (C=O) groups is 1. The average Bonchev–Trinajstić information content (AvgIpc) is 2.64. The van der Waals surface area contributed by atoms with Crippen molar-refractivity contribution in [3.63, 3.8) is 0 Å². The first-order valence-electron chi connectivity index (χ1n) is 8.50. The van der Waals surface area contributed by atoms with Crippen molar-refractivity contribution in [2.45, 2.75) is 24.9 Å². The highest BCUT2D eigenvalue weighted by atomic mass is 35.5. The lowest BCUT2D eigenvalue weighted by Crippen LogP contribution is -2.54. The molecular weight excluding hydrogens is 365 g/mol. The maximum absolute atomic E-state index is 12.5. The zero-order chi connectivity index (χ0) is 18.0. The van der Waals surface area contributed by atoms with Gasteiger partial charge in [0.2, 0.25) is 5.91 Å². The lowest BCUT2D eigenvalue weighted by atomic mass is 9.85. The van der Waals surface area contributed by atoms with Gasteiger partial charge in [0.1, 0.15) is 11.8 Å². The fourth-order valence-electron chi connectivity index (χ4n) is 3.50. The van der Waals surface area contributed by atoms with Crippen LogP contribution in [0.3, 0.4) is 0 Å². The minimum atomic E-state index is -0.344. The van der Waals surface area contributed by atoms with Gasteiger partial charge in [-0.3, -0.25) is 4.79 Å². The minimum absolute atomic E-state index is 0.0592. The van der Waals surface area contributed by atoms with E-state index in [1.165, 1.54) is 6.07 Å². The third kappa shape index (κ3) is 4.20. The summed E-state index contributed by atoms with van der Waals surface area (Å²) in [5.41, 5.74) is 6.95. The minimum Gasteiger partial charge on any atom is -0.508 e. The number of carbonyl (C=O) groups excluding carboxylic acids is 1. The second-order valence-corrected chi connectivity index (χ2v) is 7.41. The summed E-state index contributed by atoms with van der Waals surface area (Å²) in [5.74, 6) is 0.316. The number of morpholine rings is 1. The monoisotopic (exact) mass is 387 g/mol. The molecular formula is C17H23Cl2N3O3. The Labute approximate surface area is 157 Å². The molecule has 0 aromatic heterocycles. The molecule has 6 nitrogen and oxygen atoms in total. The van der Waals surface area contributed by atoms with E-state index < -0.39 is 0 Å². The Hall–Kier alpha value is -1.05. The third-order valence-electron chi connectivity index (χ3n) is 5.01. The van der Waals surface area contributed by atoms with Crippen molar-refractivity contribution in [3.05, 3.63) is 27.7 Å². The second kappa shape index (κ2) is 8.10. The Bertz CT molecular complexity index is 630. The lowest BCUT2D eigenvalue weighted by molar-refractivity contribution is -0.137. The van der Waals surface area contributed by atoms with Crippen molar-refractivity contribution in [2.24, 2.45) is 11.7 Å². The van der Waals surface area contributed by atoms with Gasteiger partial charge in [0, 0.05) is 37.3 Å². The van der Waals surface area contributed by atoms with Gasteiger partial charge in [0.25, 0.3) is 0 Å². The summed E-state index contributed by atoms with van der Waals surface area (Å²) in [6.45, 7) is 3.08. The molecule has 1 aromatic carbocycles. The van der Waals surface area contributed by atoms with E-state index in [0.717, 1.165) is 12.8 Å². The van der Waals surface area contributed by atoms with Gasteiger partial charge in [-0.2, -0.15) is 0 Å². The molecule has 25 heavy (non-hydrogen) atoms. The first kappa shape index (κ1) is 18.7. The molecule has 1 amide bonds. The summed E-state index contributed by atoms with van der Waals surface area (Å²) < 4.78 is 5.36. The number of nitrogens with one attached hydrogen (secondary N) is 1. The van der Waals surface area contributed by atoms with Gasteiger partial charge in [-0.1, -0.05) is 23.2 Å². The van der Waals surface area contributed by atoms with Crippen molar-refractivity contribution in [1.82, 2.24) is 10.2 Å². The van der Waals surface area contributed by atoms with Crippen LogP contribution in [-0.2, 0) is 9.53 Å². The van der Waals surface area contributed by atoms with E-state index in [0.29, 0.717) is 48.5 Å². The summed E-state index contributed by atoms with van der Waals surface area (Å²) >= 11 is 12.0. The fourth-order valence-corrected chi connectivity index (χ4v) is 3.83. The van der Waals surface area contributed by atoms with Crippen LogP contribution in [0.5, 0.6) is 5.75 Å². The van der Waals surface area contributed by atoms with Gasteiger partial charge < -0.3 is 25.8 Å². The quantitative estimate of drug-likeness (QED) is 0.737. The molecule has 4 N–H and O–H groups in total. The summed E-state index contributed by atoms with van der Waals surface area (Å²) in [7, 11) is 0. The molecule has 2 heterocycles. The molecule has 2 atom stereocenters. The smallest absolute Gasteiger partial charge is 0.242 e. The number of nitrogens with zero attached hydrogens (tertiary/aromatic N) is 1. The number of phenols is 1. The molecule has 0 aliphatic carbocycles. The number of halogens is 2. The third-order valence-corrected chi connectivity index (χ3v) is 5.73. The van der Waals surface area contributed by atoms with Crippen LogP contribution in [0.4, 0.5) is 0 Å². The van der Waals surface area contributed by atoms with Crippen molar-refractivity contribution in [2.75, 3.05) is 32.8 Å². The molecule has 0 saturated carbocycles. The zero-order valence-electron chi connectivity index (χ0n) is 13.9. The van der Waals surface area contributed by atoms with Crippen LogP contribution < -0.4 is 11.1 Å². The second-order valence-electron chi connectivity index (χ2n) is 6.60. The van der Waals surface area contributed by atoms with E-state index in [-0.39, 0.29) is 29.7 Å². The van der Waals surface area contributed by atoms with Crippen molar-refractivity contribution in [3.8, 4) is 5.75 Å². The van der Waals surface area contributed by atoms with E-state index in [2.05, 4.69) is 5.32 Å². The number of rotatable bonds is 3. The number of amides is 1. The molecule has 0 unspecified atom stereocenters. The molecule has 138 valence electrons. The number of hydrogen-bond donors (Lipinski definition) is 3. The van der Waals surface area contributed by atoms with Gasteiger partial charge in [-0.25, -0.2) is 0 Å². The van der Waals surface area contributed by atoms with Gasteiger partial charge in [0.05, 0.1) is 23.3 Å². The molecule has 2 aliphatic rings. The Morgan fingerprint density at radius 3 is 2.64 bits per heavy atom. The number of hydrogen-bond acceptors (Lipinski definition) is 5. The van der Waals surface area contributed by atoms with Crippen molar-refractivity contribution < 1.29 is 14.6 Å². The molecule has 0 spiro atoms.